The van der Waals surface area contributed by atoms with Crippen LogP contribution >= 0.6 is 0 Å². The molecule has 1 aromatic heterocycles. The van der Waals surface area contributed by atoms with Crippen molar-refractivity contribution in [2.45, 2.75) is 5.92 Å². The summed E-state index contributed by atoms with van der Waals surface area (Å²) in [5.41, 5.74) is 1.07. The van der Waals surface area contributed by atoms with Crippen LogP contribution in [0.5, 0.6) is 5.75 Å². The van der Waals surface area contributed by atoms with Crippen molar-refractivity contribution in [3.8, 4) is 5.75 Å². The maximum Gasteiger partial charge on any atom is 0.227 e. The molecule has 0 radical (unpaired) electrons. The smallest absolute Gasteiger partial charge is 0.227 e. The van der Waals surface area contributed by atoms with Crippen molar-refractivity contribution < 1.29 is 18.7 Å². The molecule has 1 fully saturated rings. The van der Waals surface area contributed by atoms with Gasteiger partial charge in [-0.25, -0.2) is 4.39 Å². The molecular formula is C20H27FN4O3. The molecule has 0 unspecified atom stereocenters. The Bertz CT molecular complexity index is 765. The number of carbonyl (C=O) groups is 1. The minimum Gasteiger partial charge on any atom is -0.492 e. The second kappa shape index (κ2) is 9.66. The van der Waals surface area contributed by atoms with Crippen molar-refractivity contribution in [1.82, 2.24) is 20.0 Å². The summed E-state index contributed by atoms with van der Waals surface area (Å²) >= 11 is 0. The van der Waals surface area contributed by atoms with Crippen LogP contribution in [-0.4, -0.2) is 67.1 Å². The first-order chi connectivity index (χ1) is 13.6. The number of carbonyl (C=O) groups excluding carboxylic acids is 1. The van der Waals surface area contributed by atoms with Gasteiger partial charge in [-0.15, -0.1) is 0 Å². The zero-order valence-electron chi connectivity index (χ0n) is 16.3. The van der Waals surface area contributed by atoms with Gasteiger partial charge >= 0.3 is 0 Å². The first kappa shape index (κ1) is 20.3. The molecular weight excluding hydrogens is 363 g/mol. The largest absolute Gasteiger partial charge is 0.492 e. The molecule has 1 aromatic carbocycles. The topological polar surface area (TPSA) is 68.6 Å². The molecule has 7 nitrogen and oxygen atoms in total. The number of methoxy groups -OCH3 is 1. The van der Waals surface area contributed by atoms with Crippen LogP contribution in [0, 0.1) is 11.7 Å². The van der Waals surface area contributed by atoms with E-state index >= 15 is 0 Å². The Balaban J connectivity index is 1.62. The maximum atomic E-state index is 13.2. The average molecular weight is 390 g/mol. The molecule has 0 saturated carbocycles. The average Bonchev–Trinajstić information content (AvgIpc) is 3.34. The Morgan fingerprint density at radius 2 is 2.04 bits per heavy atom. The van der Waals surface area contributed by atoms with E-state index in [-0.39, 0.29) is 23.6 Å². The molecule has 1 aliphatic heterocycles. The van der Waals surface area contributed by atoms with E-state index in [1.54, 1.807) is 28.8 Å². The van der Waals surface area contributed by atoms with E-state index in [0.29, 0.717) is 38.6 Å². The number of aromatic nitrogens is 2. The number of amides is 1. The Morgan fingerprint density at radius 1 is 1.29 bits per heavy atom. The molecule has 8 heteroatoms. The van der Waals surface area contributed by atoms with E-state index in [4.69, 9.17) is 9.47 Å². The lowest BCUT2D eigenvalue weighted by Crippen LogP contribution is -2.42. The van der Waals surface area contributed by atoms with Crippen LogP contribution in [-0.2, 0) is 16.6 Å². The highest BCUT2D eigenvalue weighted by molar-refractivity contribution is 5.80. The Morgan fingerprint density at radius 3 is 2.71 bits per heavy atom. The molecule has 2 heterocycles. The monoisotopic (exact) mass is 390 g/mol. The summed E-state index contributed by atoms with van der Waals surface area (Å²) in [4.78, 5) is 15.0. The van der Waals surface area contributed by atoms with Crippen molar-refractivity contribution in [2.75, 3.05) is 46.5 Å². The highest BCUT2D eigenvalue weighted by Gasteiger charge is 2.36. The SMILES string of the molecule is COCCN(CCOc1ccc(F)cc1)C(=O)[C@H]1CNC[C@@H]1c1cnn(C)c1. The van der Waals surface area contributed by atoms with Gasteiger partial charge in [0.15, 0.2) is 0 Å². The third-order valence-corrected chi connectivity index (χ3v) is 5.00. The quantitative estimate of drug-likeness (QED) is 0.701. The first-order valence-electron chi connectivity index (χ1n) is 9.44. The summed E-state index contributed by atoms with van der Waals surface area (Å²) in [6.07, 6.45) is 3.80. The summed E-state index contributed by atoms with van der Waals surface area (Å²) in [6.45, 7) is 3.12. The number of ether oxygens (including phenoxy) is 2. The van der Waals surface area contributed by atoms with Crippen LogP contribution in [0.1, 0.15) is 11.5 Å². The van der Waals surface area contributed by atoms with Crippen LogP contribution in [0.4, 0.5) is 4.39 Å². The van der Waals surface area contributed by atoms with Gasteiger partial charge in [-0.05, 0) is 29.8 Å². The van der Waals surface area contributed by atoms with Crippen LogP contribution in [0.25, 0.3) is 0 Å². The molecule has 2 aromatic rings. The summed E-state index contributed by atoms with van der Waals surface area (Å²) in [7, 11) is 3.49. The third kappa shape index (κ3) is 5.08. The predicted octanol–water partition coefficient (Wildman–Crippen LogP) is 1.42. The fraction of sp³-hybridized carbons (Fsp3) is 0.500. The van der Waals surface area contributed by atoms with Gasteiger partial charge in [0.25, 0.3) is 0 Å². The van der Waals surface area contributed by atoms with Gasteiger partial charge in [-0.3, -0.25) is 9.48 Å². The summed E-state index contributed by atoms with van der Waals surface area (Å²) in [5.74, 6) is 0.311. The van der Waals surface area contributed by atoms with Crippen LogP contribution in [0.2, 0.25) is 0 Å². The number of nitrogens with zero attached hydrogens (tertiary/aromatic N) is 3. The second-order valence-corrected chi connectivity index (χ2v) is 6.94. The zero-order chi connectivity index (χ0) is 19.9. The molecule has 0 spiro atoms. The van der Waals surface area contributed by atoms with E-state index in [9.17, 15) is 9.18 Å². The summed E-state index contributed by atoms with van der Waals surface area (Å²) in [6, 6.07) is 5.86. The van der Waals surface area contributed by atoms with Crippen molar-refractivity contribution in [3.63, 3.8) is 0 Å². The second-order valence-electron chi connectivity index (χ2n) is 6.94. The highest BCUT2D eigenvalue weighted by Crippen LogP contribution is 2.29. The van der Waals surface area contributed by atoms with Gasteiger partial charge in [-0.2, -0.15) is 5.10 Å². The van der Waals surface area contributed by atoms with E-state index in [2.05, 4.69) is 10.4 Å². The standard InChI is InChI=1S/C20H27FN4O3/c1-24-14-15(11-23-24)18-12-22-13-19(18)20(26)25(7-9-27-2)8-10-28-17-5-3-16(21)4-6-17/h3-6,11,14,18-19,22H,7-10,12-13H2,1-2H3/t18-,19+/m1/s1. The normalized spacial score (nSPS) is 19.0. The lowest BCUT2D eigenvalue weighted by atomic mass is 9.90. The van der Waals surface area contributed by atoms with Crippen LogP contribution in [0.15, 0.2) is 36.7 Å². The molecule has 3 rings (SSSR count). The van der Waals surface area contributed by atoms with Crippen molar-refractivity contribution >= 4 is 5.91 Å². The Kier molecular flexibility index (Phi) is 7.00. The Hall–Kier alpha value is -2.45. The number of benzene rings is 1. The minimum absolute atomic E-state index is 0.0820. The van der Waals surface area contributed by atoms with Gasteiger partial charge in [0.05, 0.1) is 25.3 Å². The first-order valence-corrected chi connectivity index (χ1v) is 9.44. The summed E-state index contributed by atoms with van der Waals surface area (Å²) in [5, 5.41) is 7.56. The lowest BCUT2D eigenvalue weighted by molar-refractivity contribution is -0.136. The Labute approximate surface area is 164 Å². The molecule has 28 heavy (non-hydrogen) atoms. The molecule has 1 amide bonds. The van der Waals surface area contributed by atoms with E-state index in [1.165, 1.54) is 12.1 Å². The van der Waals surface area contributed by atoms with Crippen LogP contribution < -0.4 is 10.1 Å². The lowest BCUT2D eigenvalue weighted by Gasteiger charge is -2.27. The van der Waals surface area contributed by atoms with E-state index in [1.807, 2.05) is 19.4 Å². The zero-order valence-corrected chi connectivity index (χ0v) is 16.3. The molecule has 1 saturated heterocycles. The minimum atomic E-state index is -0.306. The van der Waals surface area contributed by atoms with Crippen LogP contribution in [0.3, 0.4) is 0 Å². The fourth-order valence-corrected chi connectivity index (χ4v) is 3.49. The third-order valence-electron chi connectivity index (χ3n) is 5.00. The maximum absolute atomic E-state index is 13.2. The van der Waals surface area contributed by atoms with Gasteiger partial charge in [0.2, 0.25) is 5.91 Å². The molecule has 2 atom stereocenters. The number of aryl methyl sites for hydroxylation is 1. The number of hydrogen-bond donors (Lipinski definition) is 1. The number of halogens is 1. The number of hydrogen-bond acceptors (Lipinski definition) is 5. The van der Waals surface area contributed by atoms with Gasteiger partial charge in [0.1, 0.15) is 18.2 Å². The predicted molar refractivity (Wildman–Crippen MR) is 103 cm³/mol. The van der Waals surface area contributed by atoms with Gasteiger partial charge < -0.3 is 19.7 Å². The van der Waals surface area contributed by atoms with E-state index < -0.39 is 0 Å². The highest BCUT2D eigenvalue weighted by atomic mass is 19.1. The molecule has 0 bridgehead atoms. The van der Waals surface area contributed by atoms with Gasteiger partial charge in [-0.1, -0.05) is 0 Å². The number of rotatable bonds is 9. The summed E-state index contributed by atoms with van der Waals surface area (Å²) < 4.78 is 25.6. The van der Waals surface area contributed by atoms with E-state index in [0.717, 1.165) is 12.1 Å². The molecule has 0 aliphatic carbocycles. The van der Waals surface area contributed by atoms with Crippen molar-refractivity contribution in [2.24, 2.45) is 13.0 Å². The molecule has 1 aliphatic rings. The van der Waals surface area contributed by atoms with Crippen molar-refractivity contribution in [3.05, 3.63) is 48.0 Å². The fourth-order valence-electron chi connectivity index (χ4n) is 3.49. The molecule has 152 valence electrons. The van der Waals surface area contributed by atoms with Crippen molar-refractivity contribution in [1.29, 1.82) is 0 Å². The van der Waals surface area contributed by atoms with Gasteiger partial charge in [0, 0.05) is 45.9 Å². The number of nitrogens with one attached hydrogen (secondary N) is 1. The molecule has 1 N–H and O–H groups in total.